The summed E-state index contributed by atoms with van der Waals surface area (Å²) in [7, 11) is 0. The van der Waals surface area contributed by atoms with Crippen molar-refractivity contribution in [2.45, 2.75) is 50.5 Å². The topological polar surface area (TPSA) is 183 Å². The standard InChI is InChI=1S/C23H26O11/c1-11(24)2-3-12-4-6-14(7-5-12)33-23-21(30)20(29)19(28)17(34-23)10-32-22(31)13-8-15(25)18(27)16(26)9-13/h4-9,17,19-21,23,25-30H,2-3,10H2,1H3/t17-,19-,20+,21-,23-/m1/s1. The molecule has 3 rings (SSSR count). The van der Waals surface area contributed by atoms with E-state index in [1.165, 1.54) is 6.92 Å². The number of ether oxygens (including phenoxy) is 3. The van der Waals surface area contributed by atoms with Crippen LogP contribution in [0.3, 0.4) is 0 Å². The molecule has 1 fully saturated rings. The van der Waals surface area contributed by atoms with Gasteiger partial charge in [0.2, 0.25) is 6.29 Å². The van der Waals surface area contributed by atoms with Crippen LogP contribution in [0.2, 0.25) is 0 Å². The molecule has 1 saturated heterocycles. The average molecular weight is 478 g/mol. The number of carbonyl (C=O) groups is 2. The second-order valence-corrected chi connectivity index (χ2v) is 7.94. The van der Waals surface area contributed by atoms with Crippen LogP contribution >= 0.6 is 0 Å². The quantitative estimate of drug-likeness (QED) is 0.228. The third-order valence-corrected chi connectivity index (χ3v) is 5.29. The van der Waals surface area contributed by atoms with Gasteiger partial charge in [0.15, 0.2) is 17.2 Å². The van der Waals surface area contributed by atoms with Gasteiger partial charge in [0, 0.05) is 6.42 Å². The lowest BCUT2D eigenvalue weighted by Gasteiger charge is -2.39. The second kappa shape index (κ2) is 10.7. The first-order valence-corrected chi connectivity index (χ1v) is 10.4. The van der Waals surface area contributed by atoms with Gasteiger partial charge in [-0.2, -0.15) is 0 Å². The van der Waals surface area contributed by atoms with E-state index in [2.05, 4.69) is 0 Å². The fourth-order valence-corrected chi connectivity index (χ4v) is 3.30. The number of aromatic hydroxyl groups is 3. The van der Waals surface area contributed by atoms with Crippen LogP contribution in [-0.4, -0.2) is 79.7 Å². The number of Topliss-reactive ketones (excluding diaryl/α,β-unsaturated/α-hetero) is 1. The SMILES string of the molecule is CC(=O)CCc1ccc(O[C@@H]2O[C@H](COC(=O)c3cc(O)c(O)c(O)c3)[C@@H](O)[C@H](O)[C@H]2O)cc1. The number of benzene rings is 2. The molecule has 0 spiro atoms. The van der Waals surface area contributed by atoms with Crippen molar-refractivity contribution >= 4 is 11.8 Å². The predicted octanol–water partition coefficient (Wildman–Crippen LogP) is 0.368. The molecule has 1 heterocycles. The Morgan fingerprint density at radius 2 is 1.56 bits per heavy atom. The highest BCUT2D eigenvalue weighted by atomic mass is 16.7. The van der Waals surface area contributed by atoms with Crippen LogP contribution in [0.25, 0.3) is 0 Å². The number of rotatable bonds is 8. The zero-order valence-electron chi connectivity index (χ0n) is 18.2. The first-order valence-electron chi connectivity index (χ1n) is 10.4. The van der Waals surface area contributed by atoms with E-state index in [1.54, 1.807) is 24.3 Å². The van der Waals surface area contributed by atoms with Crippen molar-refractivity contribution in [3.8, 4) is 23.0 Å². The van der Waals surface area contributed by atoms with E-state index in [4.69, 9.17) is 14.2 Å². The molecule has 0 bridgehead atoms. The van der Waals surface area contributed by atoms with Crippen LogP contribution in [0.1, 0.15) is 29.3 Å². The summed E-state index contributed by atoms with van der Waals surface area (Å²) in [6, 6.07) is 8.42. The smallest absolute Gasteiger partial charge is 0.338 e. The van der Waals surface area contributed by atoms with Gasteiger partial charge >= 0.3 is 5.97 Å². The van der Waals surface area contributed by atoms with Crippen LogP contribution in [0.4, 0.5) is 0 Å². The normalized spacial score (nSPS) is 24.4. The van der Waals surface area contributed by atoms with Gasteiger partial charge in [-0.05, 0) is 43.2 Å². The third-order valence-electron chi connectivity index (χ3n) is 5.29. The molecule has 0 saturated carbocycles. The van der Waals surface area contributed by atoms with E-state index in [0.717, 1.165) is 17.7 Å². The summed E-state index contributed by atoms with van der Waals surface area (Å²) in [6.45, 7) is 0.946. The van der Waals surface area contributed by atoms with Crippen molar-refractivity contribution in [1.82, 2.24) is 0 Å². The summed E-state index contributed by atoms with van der Waals surface area (Å²) in [4.78, 5) is 23.3. The first kappa shape index (κ1) is 25.2. The average Bonchev–Trinajstić information content (AvgIpc) is 2.81. The molecule has 2 aromatic rings. The first-order chi connectivity index (χ1) is 16.1. The minimum atomic E-state index is -1.67. The fraction of sp³-hybridized carbons (Fsp3) is 0.391. The predicted molar refractivity (Wildman–Crippen MR) is 114 cm³/mol. The molecule has 0 radical (unpaired) electrons. The summed E-state index contributed by atoms with van der Waals surface area (Å²) in [6.07, 6.45) is -6.60. The van der Waals surface area contributed by atoms with Gasteiger partial charge in [-0.25, -0.2) is 4.79 Å². The van der Waals surface area contributed by atoms with Crippen molar-refractivity contribution in [1.29, 1.82) is 0 Å². The molecule has 2 aromatic carbocycles. The number of carbonyl (C=O) groups excluding carboxylic acids is 2. The minimum Gasteiger partial charge on any atom is -0.504 e. The number of hydrogen-bond acceptors (Lipinski definition) is 11. The maximum Gasteiger partial charge on any atom is 0.338 e. The van der Waals surface area contributed by atoms with E-state index in [0.29, 0.717) is 18.6 Å². The minimum absolute atomic E-state index is 0.0670. The van der Waals surface area contributed by atoms with Gasteiger partial charge in [0.1, 0.15) is 42.6 Å². The molecule has 0 aromatic heterocycles. The lowest BCUT2D eigenvalue weighted by molar-refractivity contribution is -0.277. The molecule has 0 unspecified atom stereocenters. The van der Waals surface area contributed by atoms with Crippen LogP contribution in [-0.2, 0) is 20.7 Å². The Labute approximate surface area is 194 Å². The Bertz CT molecular complexity index is 997. The monoisotopic (exact) mass is 478 g/mol. The highest BCUT2D eigenvalue weighted by molar-refractivity contribution is 5.91. The number of ketones is 1. The Morgan fingerprint density at radius 1 is 0.941 bits per heavy atom. The van der Waals surface area contributed by atoms with E-state index >= 15 is 0 Å². The highest BCUT2D eigenvalue weighted by Crippen LogP contribution is 2.35. The van der Waals surface area contributed by atoms with Crippen molar-refractivity contribution in [3.05, 3.63) is 47.5 Å². The zero-order valence-corrected chi connectivity index (χ0v) is 18.2. The summed E-state index contributed by atoms with van der Waals surface area (Å²) in [5.74, 6) is -2.92. The van der Waals surface area contributed by atoms with E-state index < -0.39 is 60.5 Å². The van der Waals surface area contributed by atoms with Gasteiger partial charge < -0.3 is 49.6 Å². The number of phenols is 3. The molecule has 6 N–H and O–H groups in total. The van der Waals surface area contributed by atoms with Gasteiger partial charge in [0.05, 0.1) is 5.56 Å². The van der Waals surface area contributed by atoms with E-state index in [9.17, 15) is 40.2 Å². The van der Waals surface area contributed by atoms with Gasteiger partial charge in [0.25, 0.3) is 0 Å². The van der Waals surface area contributed by atoms with Gasteiger partial charge in [-0.1, -0.05) is 12.1 Å². The number of esters is 1. The molecule has 1 aliphatic heterocycles. The number of hydrogen-bond donors (Lipinski definition) is 6. The Balaban J connectivity index is 1.63. The molecule has 184 valence electrons. The highest BCUT2D eigenvalue weighted by Gasteiger charge is 2.45. The molecule has 0 amide bonds. The van der Waals surface area contributed by atoms with E-state index in [1.807, 2.05) is 0 Å². The van der Waals surface area contributed by atoms with Crippen molar-refractivity contribution < 1.29 is 54.4 Å². The number of aliphatic hydroxyl groups excluding tert-OH is 3. The largest absolute Gasteiger partial charge is 0.504 e. The van der Waals surface area contributed by atoms with Crippen molar-refractivity contribution in [2.24, 2.45) is 0 Å². The fourth-order valence-electron chi connectivity index (χ4n) is 3.30. The summed E-state index contributed by atoms with van der Waals surface area (Å²) in [5.41, 5.74) is 0.621. The molecule has 1 aliphatic rings. The maximum absolute atomic E-state index is 12.2. The second-order valence-electron chi connectivity index (χ2n) is 7.94. The molecular formula is C23H26O11. The third kappa shape index (κ3) is 5.94. The van der Waals surface area contributed by atoms with Crippen molar-refractivity contribution in [2.75, 3.05) is 6.61 Å². The lowest BCUT2D eigenvalue weighted by Crippen LogP contribution is -2.60. The Kier molecular flexibility index (Phi) is 7.94. The van der Waals surface area contributed by atoms with Crippen LogP contribution in [0.5, 0.6) is 23.0 Å². The van der Waals surface area contributed by atoms with E-state index in [-0.39, 0.29) is 11.3 Å². The summed E-state index contributed by atoms with van der Waals surface area (Å²) >= 11 is 0. The molecular weight excluding hydrogens is 452 g/mol. The molecule has 11 heteroatoms. The Morgan fingerprint density at radius 3 is 2.15 bits per heavy atom. The lowest BCUT2D eigenvalue weighted by atomic mass is 9.99. The maximum atomic E-state index is 12.2. The van der Waals surface area contributed by atoms with Gasteiger partial charge in [-0.3, -0.25) is 0 Å². The number of aryl methyl sites for hydroxylation is 1. The summed E-state index contributed by atoms with van der Waals surface area (Å²) < 4.78 is 16.1. The van der Waals surface area contributed by atoms with Crippen LogP contribution in [0, 0.1) is 0 Å². The molecule has 5 atom stereocenters. The van der Waals surface area contributed by atoms with Crippen LogP contribution in [0.15, 0.2) is 36.4 Å². The number of aliphatic hydroxyl groups is 3. The number of phenolic OH excluding ortho intramolecular Hbond substituents is 3. The Hall–Kier alpha value is -3.38. The van der Waals surface area contributed by atoms with Crippen molar-refractivity contribution in [3.63, 3.8) is 0 Å². The van der Waals surface area contributed by atoms with Crippen LogP contribution < -0.4 is 4.74 Å². The summed E-state index contributed by atoms with van der Waals surface area (Å²) in [5, 5.41) is 59.1. The molecule has 34 heavy (non-hydrogen) atoms. The van der Waals surface area contributed by atoms with Gasteiger partial charge in [-0.15, -0.1) is 0 Å². The molecule has 11 nitrogen and oxygen atoms in total. The zero-order chi connectivity index (χ0) is 25.0. The molecule has 0 aliphatic carbocycles.